The minimum atomic E-state index is -2.47. The summed E-state index contributed by atoms with van der Waals surface area (Å²) in [5.41, 5.74) is 31.9. The van der Waals surface area contributed by atoms with E-state index in [0.717, 1.165) is 167 Å². The number of pyridine rings is 4. The normalized spacial score (nSPS) is 14.1. The van der Waals surface area contributed by atoms with E-state index in [1.54, 1.807) is 79.7 Å². The summed E-state index contributed by atoms with van der Waals surface area (Å²) in [5.74, 6) is -4.76. The van der Waals surface area contributed by atoms with Gasteiger partial charge in [-0.05, 0) is 296 Å². The highest BCUT2D eigenvalue weighted by molar-refractivity contribution is 5.98. The number of hydrogen-bond acceptors (Lipinski definition) is 6. The standard InChI is InChI=1S/C124H104N6/c1-77(2)115-72-125-119(61-81(115)9)91-49-37-85(38-50-91)103-25-13-19-31-109(103)97-65-98(110-32-20-14-26-104(110)86-39-51-92(52-40-86)120-62-82(10)116(73-126-120)78(3)4)68-101(67-97)113-35-23-17-29-107(113)89-45-57-95(58-46-89)123-71-124(130-76-129-123)96-59-47-90(48-60-96)108-30-18-24-36-114(108)102-69-99(111-33-21-15-27-105(111)87-41-53-93(54-42-87)121-63-83(11)117(74-127-121)79(5)6)66-100(70-102)112-34-22-16-28-106(112)88-43-55-94(56-44-88)122-64-84(12)118(75-128-122)80(7)8/h13-80H,1-12H3/i9D3,10D3,11D3,12D3,76D,77D,78D,79D,80D. The quantitative estimate of drug-likeness (QED) is 0.0673. The maximum atomic E-state index is 9.17. The van der Waals surface area contributed by atoms with Crippen molar-refractivity contribution in [3.63, 3.8) is 0 Å². The van der Waals surface area contributed by atoms with E-state index in [1.165, 1.54) is 24.8 Å². The van der Waals surface area contributed by atoms with E-state index in [9.17, 15) is 1.37 Å². The number of aryl methyl sites for hydroxylation is 4. The summed E-state index contributed by atoms with van der Waals surface area (Å²) in [5, 5.41) is 0. The van der Waals surface area contributed by atoms with E-state index in [1.807, 2.05) is 200 Å². The molecular weight excluding hydrogens is 1570 g/mol. The highest BCUT2D eigenvalue weighted by Gasteiger charge is 2.23. The lowest BCUT2D eigenvalue weighted by molar-refractivity contribution is 0.848. The Kier molecular flexibility index (Phi) is 18.6. The number of rotatable bonds is 22. The zero-order chi connectivity index (χ0) is 104. The molecule has 0 bridgehead atoms. The van der Waals surface area contributed by atoms with Gasteiger partial charge in [0.15, 0.2) is 0 Å². The van der Waals surface area contributed by atoms with Gasteiger partial charge >= 0.3 is 0 Å². The summed E-state index contributed by atoms with van der Waals surface area (Å²) >= 11 is 0. The molecule has 0 aliphatic heterocycles. The van der Waals surface area contributed by atoms with Crippen LogP contribution in [0.2, 0.25) is 0 Å². The monoisotopic (exact) mass is 1690 g/mol. The van der Waals surface area contributed by atoms with Crippen molar-refractivity contribution in [2.24, 2.45) is 0 Å². The van der Waals surface area contributed by atoms with Crippen LogP contribution in [0.3, 0.4) is 0 Å². The predicted octanol–water partition coefficient (Wildman–Crippen LogP) is 33.8. The second-order valence-electron chi connectivity index (χ2n) is 34.0. The molecule has 0 aliphatic carbocycles. The second kappa shape index (κ2) is 36.6. The predicted molar refractivity (Wildman–Crippen MR) is 546 cm³/mol. The highest BCUT2D eigenvalue weighted by Crippen LogP contribution is 2.47. The first-order valence-corrected chi connectivity index (χ1v) is 43.7. The topological polar surface area (TPSA) is 77.3 Å². The average Bonchev–Trinajstić information content (AvgIpc) is 0.770. The molecule has 0 saturated carbocycles. The number of benzene rings is 14. The van der Waals surface area contributed by atoms with Gasteiger partial charge in [0, 0.05) is 80.1 Å². The number of aromatic nitrogens is 6. The SMILES string of the molecule is [2H]c1nc(-c2ccc(-c3ccccc3-c3cc(-c4ccccc4-c4ccc(-c5cc(C([2H])([2H])[2H])c(C([2H])(C)C)cn5)cc4)cc(-c4ccccc4-c4ccc(-c5cc(C([2H])([2H])[2H])c(C([2H])(C)C)cn5)cc4)c3)cc2)cc(-c2ccc(-c3ccccc3-c3cc(-c4ccccc4-c4ccc(-c5cc(C([2H])([2H])[2H])c(C([2H])(C)C)cn5)cc4)cc(-c4ccccc4-c4ccc(-c5cc(C([2H])([2H])[2H])c(C([2H])(C)C)cn5)cc4)c3)cc2)n1. The molecule has 6 nitrogen and oxygen atoms in total. The minimum absolute atomic E-state index is 0.0933. The Hall–Kier alpha value is -15.2. The Morgan fingerprint density at radius 3 is 0.477 bits per heavy atom. The van der Waals surface area contributed by atoms with Gasteiger partial charge in [-0.1, -0.05) is 347 Å². The number of nitrogens with zero attached hydrogens (tertiary/aromatic N) is 6. The van der Waals surface area contributed by atoms with Gasteiger partial charge in [-0.3, -0.25) is 19.9 Å². The van der Waals surface area contributed by atoms with Crippen molar-refractivity contribution in [3.05, 3.63) is 434 Å². The zero-order valence-electron chi connectivity index (χ0n) is 90.6. The summed E-state index contributed by atoms with van der Waals surface area (Å²) in [4.78, 5) is 28.3. The fourth-order valence-electron chi connectivity index (χ4n) is 17.7. The van der Waals surface area contributed by atoms with Crippen molar-refractivity contribution in [2.75, 3.05) is 0 Å². The summed E-state index contributed by atoms with van der Waals surface area (Å²) < 4.78 is 145. The summed E-state index contributed by atoms with van der Waals surface area (Å²) in [7, 11) is 0. The zero-order valence-corrected chi connectivity index (χ0v) is 73.6. The maximum absolute atomic E-state index is 9.17. The van der Waals surface area contributed by atoms with E-state index in [2.05, 4.69) is 133 Å². The molecule has 0 amide bonds. The fraction of sp³-hybridized carbons (Fsp3) is 0.129. The van der Waals surface area contributed by atoms with Crippen LogP contribution < -0.4 is 0 Å². The van der Waals surface area contributed by atoms with Crippen LogP contribution in [0, 0.1) is 27.4 Å². The van der Waals surface area contributed by atoms with E-state index >= 15 is 0 Å². The Morgan fingerprint density at radius 1 is 0.177 bits per heavy atom. The molecule has 5 aromatic heterocycles. The molecule has 0 atom stereocenters. The molecule has 0 fully saturated rings. The molecule has 19 aromatic rings. The molecular formula is C124H104N6. The maximum Gasteiger partial charge on any atom is 0.116 e. The first kappa shape index (κ1) is 66.2. The molecule has 0 radical (unpaired) electrons. The summed E-state index contributed by atoms with van der Waals surface area (Å²) in [6, 6.07) is 120. The Labute approximate surface area is 790 Å². The third-order valence-corrected chi connectivity index (χ3v) is 24.6. The molecule has 0 saturated heterocycles. The summed E-state index contributed by atoms with van der Waals surface area (Å²) in [6.07, 6.45) is 5.91. The van der Waals surface area contributed by atoms with Crippen LogP contribution in [-0.2, 0) is 0 Å². The molecule has 19 rings (SSSR count). The lowest BCUT2D eigenvalue weighted by atomic mass is 9.86. The molecule has 6 heteroatoms. The van der Waals surface area contributed by atoms with Crippen LogP contribution in [0.4, 0.5) is 0 Å². The van der Waals surface area contributed by atoms with Gasteiger partial charge in [0.2, 0.25) is 0 Å². The van der Waals surface area contributed by atoms with Crippen LogP contribution in [0.15, 0.2) is 389 Å². The smallest absolute Gasteiger partial charge is 0.116 e. The van der Waals surface area contributed by atoms with Gasteiger partial charge < -0.3 is 0 Å². The molecule has 0 aliphatic rings. The van der Waals surface area contributed by atoms with E-state index in [-0.39, 0.29) is 28.6 Å². The van der Waals surface area contributed by atoms with Crippen LogP contribution in [0.25, 0.3) is 201 Å². The van der Waals surface area contributed by atoms with Gasteiger partial charge in [-0.2, -0.15) is 0 Å². The fourth-order valence-corrected chi connectivity index (χ4v) is 17.7. The Balaban J connectivity index is 0.657. The van der Waals surface area contributed by atoms with Gasteiger partial charge in [0.1, 0.15) is 7.67 Å². The van der Waals surface area contributed by atoms with E-state index < -0.39 is 51.0 Å². The first-order valence-electron chi connectivity index (χ1n) is 52.2. The molecule has 14 aromatic carbocycles. The molecule has 5 heterocycles. The van der Waals surface area contributed by atoms with E-state index in [4.69, 9.17) is 51.8 Å². The van der Waals surface area contributed by atoms with Crippen molar-refractivity contribution in [3.8, 4) is 201 Å². The van der Waals surface area contributed by atoms with Crippen LogP contribution >= 0.6 is 0 Å². The largest absolute Gasteiger partial charge is 0.256 e. The minimum Gasteiger partial charge on any atom is -0.256 e. The number of hydrogen-bond donors (Lipinski definition) is 0. The van der Waals surface area contributed by atoms with Crippen molar-refractivity contribution in [1.29, 1.82) is 0 Å². The first-order chi connectivity index (χ1) is 69.8. The summed E-state index contributed by atoms with van der Waals surface area (Å²) in [6.45, 7) is 3.43. The van der Waals surface area contributed by atoms with Crippen molar-refractivity contribution in [1.82, 2.24) is 29.9 Å². The van der Waals surface area contributed by atoms with Crippen LogP contribution in [-0.4, -0.2) is 29.9 Å². The molecule has 0 unspecified atom stereocenters. The van der Waals surface area contributed by atoms with Crippen molar-refractivity contribution >= 4 is 0 Å². The average molecular weight is 1700 g/mol. The van der Waals surface area contributed by atoms with Gasteiger partial charge in [-0.15, -0.1) is 0 Å². The van der Waals surface area contributed by atoms with Crippen LogP contribution in [0.1, 0.15) is 147 Å². The van der Waals surface area contributed by atoms with E-state index in [0.29, 0.717) is 56.4 Å². The van der Waals surface area contributed by atoms with Gasteiger partial charge in [-0.25, -0.2) is 9.97 Å². The third-order valence-electron chi connectivity index (χ3n) is 24.6. The Bertz CT molecular complexity index is 7370. The van der Waals surface area contributed by atoms with Crippen molar-refractivity contribution in [2.45, 2.75) is 106 Å². The lowest BCUT2D eigenvalue weighted by Gasteiger charge is -2.18. The molecule has 0 spiro atoms. The Morgan fingerprint density at radius 2 is 0.323 bits per heavy atom. The van der Waals surface area contributed by atoms with Crippen LogP contribution in [0.5, 0.6) is 0 Å². The molecule has 630 valence electrons. The second-order valence-corrected chi connectivity index (χ2v) is 34.0. The van der Waals surface area contributed by atoms with Gasteiger partial charge in [0.05, 0.1) is 34.2 Å². The van der Waals surface area contributed by atoms with Crippen molar-refractivity contribution < 1.29 is 23.3 Å². The third kappa shape index (κ3) is 17.4. The van der Waals surface area contributed by atoms with Gasteiger partial charge in [0.25, 0.3) is 0 Å². The molecule has 130 heavy (non-hydrogen) atoms. The molecule has 0 N–H and O–H groups in total. The lowest BCUT2D eigenvalue weighted by Crippen LogP contribution is -1.95. The highest BCUT2D eigenvalue weighted by atomic mass is 14.8.